The summed E-state index contributed by atoms with van der Waals surface area (Å²) < 4.78 is 0. The minimum Gasteiger partial charge on any atom is -0.0654 e. The van der Waals surface area contributed by atoms with Gasteiger partial charge in [0.05, 0.1) is 0 Å². The highest BCUT2D eigenvalue weighted by Crippen LogP contribution is 2.21. The summed E-state index contributed by atoms with van der Waals surface area (Å²) >= 11 is 0. The maximum absolute atomic E-state index is 2.29. The summed E-state index contributed by atoms with van der Waals surface area (Å²) in [5.74, 6) is 1.48. The van der Waals surface area contributed by atoms with Crippen molar-refractivity contribution in [2.75, 3.05) is 0 Å². The first-order chi connectivity index (χ1) is 10.7. The molecule has 0 fully saturated rings. The van der Waals surface area contributed by atoms with Gasteiger partial charge < -0.3 is 0 Å². The van der Waals surface area contributed by atoms with Crippen molar-refractivity contribution in [1.82, 2.24) is 0 Å². The van der Waals surface area contributed by atoms with E-state index in [0.29, 0.717) is 0 Å². The molecule has 2 aromatic rings. The van der Waals surface area contributed by atoms with Crippen LogP contribution in [0.2, 0.25) is 0 Å². The highest BCUT2D eigenvalue weighted by atomic mass is 14.1. The Kier molecular flexibility index (Phi) is 9.30. The summed E-state index contributed by atoms with van der Waals surface area (Å²) in [7, 11) is 0. The lowest BCUT2D eigenvalue weighted by Gasteiger charge is -2.11. The van der Waals surface area contributed by atoms with E-state index < -0.39 is 0 Å². The van der Waals surface area contributed by atoms with Gasteiger partial charge in [0.15, 0.2) is 0 Å². The maximum Gasteiger partial charge on any atom is -0.0167 e. The standard InChI is InChI=1S/2C11H16/c1-3-7-10(2)11-8-5-4-6-9-11;1-3-10(4-2)11-8-6-5-7-9-11/h4-6,8-10H,3,7H2,1-2H3;5-10H,3-4H2,1-2H3. The molecule has 0 heterocycles. The molecule has 0 aliphatic carbocycles. The van der Waals surface area contributed by atoms with Gasteiger partial charge in [-0.25, -0.2) is 0 Å². The molecular weight excluding hydrogens is 264 g/mol. The topological polar surface area (TPSA) is 0 Å². The fraction of sp³-hybridized carbons (Fsp3) is 0.455. The molecule has 1 unspecified atom stereocenters. The largest absolute Gasteiger partial charge is 0.0654 e. The van der Waals surface area contributed by atoms with Crippen molar-refractivity contribution in [2.45, 2.75) is 65.2 Å². The van der Waals surface area contributed by atoms with Crippen LogP contribution in [0.3, 0.4) is 0 Å². The summed E-state index contributed by atoms with van der Waals surface area (Å²) in [4.78, 5) is 0. The zero-order valence-electron chi connectivity index (χ0n) is 14.8. The summed E-state index contributed by atoms with van der Waals surface area (Å²) in [6.45, 7) is 9.03. The average molecular weight is 296 g/mol. The lowest BCUT2D eigenvalue weighted by molar-refractivity contribution is 0.642. The lowest BCUT2D eigenvalue weighted by atomic mass is 9.94. The Morgan fingerprint density at radius 2 is 1.14 bits per heavy atom. The van der Waals surface area contributed by atoms with E-state index in [1.54, 1.807) is 0 Å². The van der Waals surface area contributed by atoms with Gasteiger partial charge in [0.25, 0.3) is 0 Å². The molecule has 1 atom stereocenters. The van der Waals surface area contributed by atoms with Crippen LogP contribution in [0.25, 0.3) is 0 Å². The Balaban J connectivity index is 0.000000220. The highest BCUT2D eigenvalue weighted by molar-refractivity contribution is 5.19. The van der Waals surface area contributed by atoms with E-state index in [9.17, 15) is 0 Å². The predicted octanol–water partition coefficient (Wildman–Crippen LogP) is 7.18. The molecule has 2 aromatic carbocycles. The van der Waals surface area contributed by atoms with Crippen LogP contribution in [0.5, 0.6) is 0 Å². The summed E-state index contributed by atoms with van der Waals surface area (Å²) in [5.41, 5.74) is 2.95. The zero-order chi connectivity index (χ0) is 16.2. The van der Waals surface area contributed by atoms with Gasteiger partial charge in [-0.05, 0) is 42.2 Å². The van der Waals surface area contributed by atoms with E-state index in [4.69, 9.17) is 0 Å². The van der Waals surface area contributed by atoms with Crippen LogP contribution in [-0.2, 0) is 0 Å². The minimum absolute atomic E-state index is 0.723. The monoisotopic (exact) mass is 296 g/mol. The van der Waals surface area contributed by atoms with Crippen molar-refractivity contribution < 1.29 is 0 Å². The molecule has 0 saturated carbocycles. The van der Waals surface area contributed by atoms with Crippen molar-refractivity contribution in [2.24, 2.45) is 0 Å². The van der Waals surface area contributed by atoms with Crippen molar-refractivity contribution in [3.8, 4) is 0 Å². The van der Waals surface area contributed by atoms with Gasteiger partial charge in [-0.3, -0.25) is 0 Å². The molecule has 0 aliphatic rings. The average Bonchev–Trinajstić information content (AvgIpc) is 2.59. The number of rotatable bonds is 6. The van der Waals surface area contributed by atoms with Gasteiger partial charge in [0.2, 0.25) is 0 Å². The third-order valence-corrected chi connectivity index (χ3v) is 4.35. The fourth-order valence-corrected chi connectivity index (χ4v) is 2.87. The minimum atomic E-state index is 0.723. The third kappa shape index (κ3) is 6.47. The summed E-state index contributed by atoms with van der Waals surface area (Å²) in [6, 6.07) is 21.5. The second kappa shape index (κ2) is 11.1. The molecule has 0 aromatic heterocycles. The van der Waals surface area contributed by atoms with Crippen LogP contribution in [0, 0.1) is 0 Å². The summed E-state index contributed by atoms with van der Waals surface area (Å²) in [6.07, 6.45) is 5.07. The molecule has 120 valence electrons. The Hall–Kier alpha value is -1.56. The molecular formula is C22H32. The van der Waals surface area contributed by atoms with E-state index in [-0.39, 0.29) is 0 Å². The van der Waals surface area contributed by atoms with Crippen LogP contribution in [0.4, 0.5) is 0 Å². The van der Waals surface area contributed by atoms with Crippen LogP contribution in [0.15, 0.2) is 60.7 Å². The van der Waals surface area contributed by atoms with Gasteiger partial charge in [-0.15, -0.1) is 0 Å². The number of hydrogen-bond donors (Lipinski definition) is 0. The van der Waals surface area contributed by atoms with E-state index in [1.165, 1.54) is 36.8 Å². The first-order valence-electron chi connectivity index (χ1n) is 8.82. The smallest absolute Gasteiger partial charge is 0.0167 e. The Morgan fingerprint density at radius 3 is 1.55 bits per heavy atom. The molecule has 0 spiro atoms. The quantitative estimate of drug-likeness (QED) is 0.529. The van der Waals surface area contributed by atoms with Crippen molar-refractivity contribution in [3.63, 3.8) is 0 Å². The Bertz CT molecular complexity index is 468. The van der Waals surface area contributed by atoms with E-state index >= 15 is 0 Å². The molecule has 2 rings (SSSR count). The SMILES string of the molecule is CCC(CC)c1ccccc1.CCCC(C)c1ccccc1. The Morgan fingerprint density at radius 1 is 0.682 bits per heavy atom. The normalized spacial score (nSPS) is 11.7. The number of hydrogen-bond acceptors (Lipinski definition) is 0. The lowest BCUT2D eigenvalue weighted by Crippen LogP contribution is -1.93. The Labute approximate surface area is 137 Å². The third-order valence-electron chi connectivity index (χ3n) is 4.35. The zero-order valence-corrected chi connectivity index (χ0v) is 14.8. The second-order valence-corrected chi connectivity index (χ2v) is 6.02. The molecule has 0 heteroatoms. The van der Waals surface area contributed by atoms with Crippen LogP contribution >= 0.6 is 0 Å². The van der Waals surface area contributed by atoms with Crippen LogP contribution in [-0.4, -0.2) is 0 Å². The van der Waals surface area contributed by atoms with Crippen molar-refractivity contribution in [3.05, 3.63) is 71.8 Å². The van der Waals surface area contributed by atoms with Crippen LogP contribution < -0.4 is 0 Å². The number of benzene rings is 2. The van der Waals surface area contributed by atoms with E-state index in [1.807, 2.05) is 0 Å². The molecule has 0 nitrogen and oxygen atoms in total. The van der Waals surface area contributed by atoms with Gasteiger partial charge in [-0.2, -0.15) is 0 Å². The highest BCUT2D eigenvalue weighted by Gasteiger charge is 2.04. The van der Waals surface area contributed by atoms with Gasteiger partial charge in [0, 0.05) is 0 Å². The molecule has 0 aliphatic heterocycles. The summed E-state index contributed by atoms with van der Waals surface area (Å²) in [5, 5.41) is 0. The van der Waals surface area contributed by atoms with Gasteiger partial charge in [0.1, 0.15) is 0 Å². The second-order valence-electron chi connectivity index (χ2n) is 6.02. The molecule has 0 amide bonds. The fourth-order valence-electron chi connectivity index (χ4n) is 2.87. The van der Waals surface area contributed by atoms with E-state index in [2.05, 4.69) is 88.4 Å². The molecule has 0 radical (unpaired) electrons. The molecule has 0 N–H and O–H groups in total. The predicted molar refractivity (Wildman–Crippen MR) is 99.5 cm³/mol. The first kappa shape index (κ1) is 18.5. The first-order valence-corrected chi connectivity index (χ1v) is 8.82. The van der Waals surface area contributed by atoms with Gasteiger partial charge in [-0.1, -0.05) is 94.8 Å². The van der Waals surface area contributed by atoms with Crippen LogP contribution in [0.1, 0.15) is 76.3 Å². The maximum atomic E-state index is 2.29. The molecule has 0 saturated heterocycles. The van der Waals surface area contributed by atoms with E-state index in [0.717, 1.165) is 11.8 Å². The molecule has 0 bridgehead atoms. The van der Waals surface area contributed by atoms with Gasteiger partial charge >= 0.3 is 0 Å². The van der Waals surface area contributed by atoms with Crippen molar-refractivity contribution in [1.29, 1.82) is 0 Å². The van der Waals surface area contributed by atoms with Crippen molar-refractivity contribution >= 4 is 0 Å². The molecule has 22 heavy (non-hydrogen) atoms.